The molecule has 0 bridgehead atoms. The highest BCUT2D eigenvalue weighted by Crippen LogP contribution is 2.42. The molecule has 1 aliphatic heterocycles. The summed E-state index contributed by atoms with van der Waals surface area (Å²) in [6, 6.07) is 15.2. The van der Waals surface area contributed by atoms with Gasteiger partial charge in [-0.25, -0.2) is 0 Å². The molecule has 116 valence electrons. The summed E-state index contributed by atoms with van der Waals surface area (Å²) in [5, 5.41) is 9.49. The highest BCUT2D eigenvalue weighted by molar-refractivity contribution is 5.59. The second kappa shape index (κ2) is 5.93. The number of nitriles is 1. The van der Waals surface area contributed by atoms with E-state index in [1.807, 2.05) is 37.3 Å². The fourth-order valence-electron chi connectivity index (χ4n) is 2.74. The number of nitrogens with zero attached hydrogens (tertiary/aromatic N) is 1. The van der Waals surface area contributed by atoms with E-state index in [1.54, 1.807) is 12.1 Å². The molecule has 0 saturated carbocycles. The van der Waals surface area contributed by atoms with Crippen molar-refractivity contribution in [3.05, 3.63) is 65.0 Å². The summed E-state index contributed by atoms with van der Waals surface area (Å²) in [4.78, 5) is 0. The van der Waals surface area contributed by atoms with Crippen LogP contribution in [0.2, 0.25) is 0 Å². The van der Waals surface area contributed by atoms with Gasteiger partial charge in [-0.3, -0.25) is 0 Å². The van der Waals surface area contributed by atoms with Gasteiger partial charge in [-0.1, -0.05) is 18.2 Å². The van der Waals surface area contributed by atoms with Crippen molar-refractivity contribution in [3.8, 4) is 17.6 Å². The number of hydrogen-bond donors (Lipinski definition) is 2. The van der Waals surface area contributed by atoms with Crippen molar-refractivity contribution in [2.45, 2.75) is 12.8 Å². The van der Waals surface area contributed by atoms with Gasteiger partial charge in [0.25, 0.3) is 0 Å². The molecule has 2 aromatic rings. The molecule has 0 aliphatic carbocycles. The summed E-state index contributed by atoms with van der Waals surface area (Å²) in [5.74, 6) is 1.21. The van der Waals surface area contributed by atoms with E-state index in [4.69, 9.17) is 20.9 Å². The van der Waals surface area contributed by atoms with Gasteiger partial charge < -0.3 is 20.9 Å². The van der Waals surface area contributed by atoms with Crippen LogP contribution in [0.5, 0.6) is 11.5 Å². The van der Waals surface area contributed by atoms with Crippen LogP contribution in [0.4, 0.5) is 5.69 Å². The number of ether oxygens (including phenoxy) is 2. The second-order valence-corrected chi connectivity index (χ2v) is 5.22. The number of rotatable bonds is 3. The van der Waals surface area contributed by atoms with Gasteiger partial charge in [-0.05, 0) is 30.7 Å². The number of fused-ring (bicyclic) bond motifs is 1. The monoisotopic (exact) mass is 307 g/mol. The van der Waals surface area contributed by atoms with Gasteiger partial charge in [-0.2, -0.15) is 5.26 Å². The Morgan fingerprint density at radius 3 is 2.57 bits per heavy atom. The fourth-order valence-corrected chi connectivity index (χ4v) is 2.74. The van der Waals surface area contributed by atoms with E-state index >= 15 is 0 Å². The van der Waals surface area contributed by atoms with Crippen LogP contribution in [0.1, 0.15) is 24.0 Å². The Morgan fingerprint density at radius 2 is 1.91 bits per heavy atom. The van der Waals surface area contributed by atoms with Crippen molar-refractivity contribution >= 4 is 5.69 Å². The average molecular weight is 307 g/mol. The Labute approximate surface area is 134 Å². The second-order valence-electron chi connectivity index (χ2n) is 5.22. The molecule has 0 saturated heterocycles. The Morgan fingerprint density at radius 1 is 1.17 bits per heavy atom. The molecular formula is C18H17N3O2. The van der Waals surface area contributed by atoms with E-state index in [0.29, 0.717) is 23.6 Å². The summed E-state index contributed by atoms with van der Waals surface area (Å²) in [7, 11) is 0. The van der Waals surface area contributed by atoms with Crippen LogP contribution in [-0.4, -0.2) is 6.61 Å². The van der Waals surface area contributed by atoms with Gasteiger partial charge in [0.15, 0.2) is 0 Å². The predicted molar refractivity (Wildman–Crippen MR) is 87.8 cm³/mol. The number of benzene rings is 2. The third-order valence-electron chi connectivity index (χ3n) is 3.77. The maximum absolute atomic E-state index is 9.49. The number of nitrogen functional groups attached to an aromatic ring is 1. The molecule has 0 fully saturated rings. The summed E-state index contributed by atoms with van der Waals surface area (Å²) in [5.41, 5.74) is 14.5. The molecule has 1 heterocycles. The van der Waals surface area contributed by atoms with Crippen molar-refractivity contribution in [2.75, 3.05) is 12.3 Å². The summed E-state index contributed by atoms with van der Waals surface area (Å²) in [6.45, 7) is 2.54. The van der Waals surface area contributed by atoms with Crippen LogP contribution in [0, 0.1) is 11.3 Å². The van der Waals surface area contributed by atoms with Crippen LogP contribution in [0.15, 0.2) is 53.9 Å². The number of hydrogen-bond acceptors (Lipinski definition) is 5. The van der Waals surface area contributed by atoms with Gasteiger partial charge in [0, 0.05) is 17.3 Å². The molecule has 5 nitrogen and oxygen atoms in total. The Bertz CT molecular complexity index is 804. The van der Waals surface area contributed by atoms with Crippen LogP contribution in [-0.2, 0) is 0 Å². The Hall–Kier alpha value is -3.13. The standard InChI is InChI=1S/C18H17N3O2/c1-2-22-13-6-3-11(4-7-13)17-14-8-5-12(20)9-16(14)23-18(21)15(17)10-19/h3-9,17H,2,20-21H2,1H3/t17-/m1/s1. The van der Waals surface area contributed by atoms with Gasteiger partial charge in [0.05, 0.1) is 12.5 Å². The molecule has 3 rings (SSSR count). The SMILES string of the molecule is CCOc1ccc([C@H]2C(C#N)=C(N)Oc3cc(N)ccc32)cc1. The van der Waals surface area contributed by atoms with Crippen molar-refractivity contribution < 1.29 is 9.47 Å². The largest absolute Gasteiger partial charge is 0.494 e. The van der Waals surface area contributed by atoms with Crippen molar-refractivity contribution in [1.29, 1.82) is 5.26 Å². The molecule has 0 spiro atoms. The summed E-state index contributed by atoms with van der Waals surface area (Å²) >= 11 is 0. The minimum absolute atomic E-state index is 0.115. The van der Waals surface area contributed by atoms with Gasteiger partial charge in [0.1, 0.15) is 23.1 Å². The lowest BCUT2D eigenvalue weighted by Gasteiger charge is -2.26. The van der Waals surface area contributed by atoms with Crippen molar-refractivity contribution in [1.82, 2.24) is 0 Å². The number of anilines is 1. The minimum Gasteiger partial charge on any atom is -0.494 e. The minimum atomic E-state index is -0.278. The zero-order chi connectivity index (χ0) is 16.4. The van der Waals surface area contributed by atoms with Crippen LogP contribution in [0.25, 0.3) is 0 Å². The molecule has 4 N–H and O–H groups in total. The lowest BCUT2D eigenvalue weighted by molar-refractivity contribution is 0.340. The lowest BCUT2D eigenvalue weighted by atomic mass is 9.83. The normalized spacial score (nSPS) is 16.3. The van der Waals surface area contributed by atoms with Gasteiger partial charge in [0.2, 0.25) is 5.88 Å². The smallest absolute Gasteiger partial charge is 0.205 e. The molecule has 0 radical (unpaired) electrons. The van der Waals surface area contributed by atoms with Crippen LogP contribution in [0.3, 0.4) is 0 Å². The van der Waals surface area contributed by atoms with E-state index in [2.05, 4.69) is 6.07 Å². The molecule has 0 unspecified atom stereocenters. The average Bonchev–Trinajstić information content (AvgIpc) is 2.54. The number of allylic oxidation sites excluding steroid dienone is 1. The molecule has 0 amide bonds. The molecule has 2 aromatic carbocycles. The summed E-state index contributed by atoms with van der Waals surface area (Å²) in [6.07, 6.45) is 0. The highest BCUT2D eigenvalue weighted by Gasteiger charge is 2.30. The highest BCUT2D eigenvalue weighted by atomic mass is 16.5. The van der Waals surface area contributed by atoms with Gasteiger partial charge in [-0.15, -0.1) is 0 Å². The van der Waals surface area contributed by atoms with E-state index in [1.165, 1.54) is 0 Å². The van der Waals surface area contributed by atoms with Gasteiger partial charge >= 0.3 is 0 Å². The van der Waals surface area contributed by atoms with Crippen molar-refractivity contribution in [2.24, 2.45) is 5.73 Å². The van der Waals surface area contributed by atoms with E-state index in [9.17, 15) is 5.26 Å². The van der Waals surface area contributed by atoms with Crippen LogP contribution >= 0.6 is 0 Å². The fraction of sp³-hybridized carbons (Fsp3) is 0.167. The predicted octanol–water partition coefficient (Wildman–Crippen LogP) is 2.89. The Balaban J connectivity index is 2.10. The molecular weight excluding hydrogens is 290 g/mol. The maximum Gasteiger partial charge on any atom is 0.205 e. The first-order valence-corrected chi connectivity index (χ1v) is 7.33. The maximum atomic E-state index is 9.49. The first-order valence-electron chi connectivity index (χ1n) is 7.33. The van der Waals surface area contributed by atoms with Crippen LogP contribution < -0.4 is 20.9 Å². The molecule has 5 heteroatoms. The topological polar surface area (TPSA) is 94.3 Å². The molecule has 0 aromatic heterocycles. The quantitative estimate of drug-likeness (QED) is 0.850. The van der Waals surface area contributed by atoms with E-state index in [0.717, 1.165) is 16.9 Å². The summed E-state index contributed by atoms with van der Waals surface area (Å²) < 4.78 is 11.0. The first kappa shape index (κ1) is 14.8. The Kier molecular flexibility index (Phi) is 3.82. The molecule has 1 atom stereocenters. The zero-order valence-corrected chi connectivity index (χ0v) is 12.7. The number of nitrogens with two attached hydrogens (primary N) is 2. The molecule has 1 aliphatic rings. The first-order chi connectivity index (χ1) is 11.1. The van der Waals surface area contributed by atoms with Crippen molar-refractivity contribution in [3.63, 3.8) is 0 Å². The van der Waals surface area contributed by atoms with E-state index in [-0.39, 0.29) is 11.8 Å². The third kappa shape index (κ3) is 2.67. The zero-order valence-electron chi connectivity index (χ0n) is 12.7. The van der Waals surface area contributed by atoms with E-state index < -0.39 is 0 Å². The molecule has 23 heavy (non-hydrogen) atoms. The lowest BCUT2D eigenvalue weighted by Crippen LogP contribution is -2.21. The third-order valence-corrected chi connectivity index (χ3v) is 3.77.